The van der Waals surface area contributed by atoms with E-state index in [-0.39, 0.29) is 5.76 Å². The highest BCUT2D eigenvalue weighted by Crippen LogP contribution is 2.34. The number of hydrogen-bond acceptors (Lipinski definition) is 6. The van der Waals surface area contributed by atoms with Gasteiger partial charge in [-0.2, -0.15) is 0 Å². The van der Waals surface area contributed by atoms with Crippen LogP contribution in [-0.4, -0.2) is 15.8 Å². The molecule has 2 aromatic carbocycles. The number of rotatable bonds is 4. The van der Waals surface area contributed by atoms with Gasteiger partial charge in [0, 0.05) is 16.3 Å². The van der Waals surface area contributed by atoms with E-state index in [1.807, 2.05) is 0 Å². The summed E-state index contributed by atoms with van der Waals surface area (Å²) in [6.45, 7) is 1.78. The van der Waals surface area contributed by atoms with Crippen molar-refractivity contribution in [2.45, 2.75) is 6.92 Å². The van der Waals surface area contributed by atoms with Gasteiger partial charge >= 0.3 is 5.88 Å². The molecule has 10 heteroatoms. The maximum atomic E-state index is 12.4. The molecular formula is C19H11Cl2N3O5. The number of halogens is 2. The smallest absolute Gasteiger partial charge is 0.433 e. The molecule has 0 spiro atoms. The van der Waals surface area contributed by atoms with Crippen molar-refractivity contribution in [3.05, 3.63) is 73.9 Å². The minimum atomic E-state index is -0.715. The molecule has 0 saturated heterocycles. The SMILES string of the molecule is Cc1c(NC(=O)c2ccc([N+](=O)[O-])o2)cccc1-c1nc2cc(Cl)cc(Cl)c2o1. The molecule has 0 atom stereocenters. The van der Waals surface area contributed by atoms with Crippen LogP contribution < -0.4 is 5.32 Å². The zero-order chi connectivity index (χ0) is 20.7. The first-order chi connectivity index (χ1) is 13.8. The zero-order valence-electron chi connectivity index (χ0n) is 14.7. The Hall–Kier alpha value is -3.36. The lowest BCUT2D eigenvalue weighted by Crippen LogP contribution is -2.12. The van der Waals surface area contributed by atoms with E-state index < -0.39 is 16.7 Å². The van der Waals surface area contributed by atoms with E-state index in [2.05, 4.69) is 10.3 Å². The second-order valence-corrected chi connectivity index (χ2v) is 6.93. The summed E-state index contributed by atoms with van der Waals surface area (Å²) < 4.78 is 10.7. The van der Waals surface area contributed by atoms with E-state index in [9.17, 15) is 14.9 Å². The predicted octanol–water partition coefficient (Wildman–Crippen LogP) is 5.86. The fourth-order valence-corrected chi connectivity index (χ4v) is 3.33. The summed E-state index contributed by atoms with van der Waals surface area (Å²) >= 11 is 12.2. The van der Waals surface area contributed by atoms with Crippen LogP contribution in [0.5, 0.6) is 0 Å². The van der Waals surface area contributed by atoms with Gasteiger partial charge in [-0.3, -0.25) is 14.9 Å². The molecule has 1 N–H and O–H groups in total. The molecule has 2 heterocycles. The third-order valence-corrected chi connectivity index (χ3v) is 4.72. The molecule has 4 aromatic rings. The first-order valence-electron chi connectivity index (χ1n) is 8.24. The maximum Gasteiger partial charge on any atom is 0.433 e. The van der Waals surface area contributed by atoms with Gasteiger partial charge in [0.05, 0.1) is 11.1 Å². The van der Waals surface area contributed by atoms with Crippen molar-refractivity contribution in [3.8, 4) is 11.5 Å². The number of fused-ring (bicyclic) bond motifs is 1. The molecule has 4 rings (SSSR count). The van der Waals surface area contributed by atoms with Crippen molar-refractivity contribution in [2.24, 2.45) is 0 Å². The van der Waals surface area contributed by atoms with E-state index in [0.29, 0.717) is 43.9 Å². The minimum Gasteiger partial charge on any atom is -0.434 e. The second-order valence-electron chi connectivity index (χ2n) is 6.08. The number of benzene rings is 2. The summed E-state index contributed by atoms with van der Waals surface area (Å²) in [5.74, 6) is -0.996. The number of carbonyl (C=O) groups excluding carboxylic acids is 1. The van der Waals surface area contributed by atoms with Crippen LogP contribution in [0.15, 0.2) is 51.3 Å². The molecule has 0 saturated carbocycles. The lowest BCUT2D eigenvalue weighted by Gasteiger charge is -2.09. The van der Waals surface area contributed by atoms with E-state index >= 15 is 0 Å². The third kappa shape index (κ3) is 3.55. The largest absolute Gasteiger partial charge is 0.434 e. The van der Waals surface area contributed by atoms with Crippen LogP contribution in [-0.2, 0) is 0 Å². The number of hydrogen-bond donors (Lipinski definition) is 1. The number of aromatic nitrogens is 1. The van der Waals surface area contributed by atoms with Crippen molar-refractivity contribution in [1.29, 1.82) is 0 Å². The van der Waals surface area contributed by atoms with Crippen LogP contribution >= 0.6 is 23.2 Å². The Morgan fingerprint density at radius 3 is 2.69 bits per heavy atom. The fourth-order valence-electron chi connectivity index (χ4n) is 2.81. The topological polar surface area (TPSA) is 111 Å². The molecule has 0 aliphatic heterocycles. The summed E-state index contributed by atoms with van der Waals surface area (Å²) in [7, 11) is 0. The average Bonchev–Trinajstić information content (AvgIpc) is 3.30. The Kier molecular flexibility index (Phi) is 4.73. The first-order valence-corrected chi connectivity index (χ1v) is 9.00. The number of nitrogens with one attached hydrogen (secondary N) is 1. The molecule has 0 unspecified atom stereocenters. The summed E-state index contributed by atoms with van der Waals surface area (Å²) in [5, 5.41) is 14.2. The molecule has 0 radical (unpaired) electrons. The summed E-state index contributed by atoms with van der Waals surface area (Å²) in [6, 6.07) is 10.7. The van der Waals surface area contributed by atoms with E-state index in [1.54, 1.807) is 37.3 Å². The van der Waals surface area contributed by atoms with Gasteiger partial charge in [-0.15, -0.1) is 0 Å². The molecule has 0 aliphatic carbocycles. The molecule has 8 nitrogen and oxygen atoms in total. The number of amides is 1. The summed E-state index contributed by atoms with van der Waals surface area (Å²) in [6.07, 6.45) is 0. The van der Waals surface area contributed by atoms with Crippen LogP contribution in [0.25, 0.3) is 22.6 Å². The van der Waals surface area contributed by atoms with Crippen molar-refractivity contribution in [1.82, 2.24) is 4.98 Å². The third-order valence-electron chi connectivity index (χ3n) is 4.22. The van der Waals surface area contributed by atoms with Crippen LogP contribution in [0.2, 0.25) is 10.0 Å². The standard InChI is InChI=1S/C19H11Cl2N3O5/c1-9-11(19-23-14-8-10(20)7-12(21)17(14)29-19)3-2-4-13(9)22-18(25)15-5-6-16(28-15)24(26)27/h2-8H,1H3,(H,22,25). The van der Waals surface area contributed by atoms with E-state index in [4.69, 9.17) is 32.0 Å². The molecule has 146 valence electrons. The minimum absolute atomic E-state index is 0.176. The molecule has 2 aromatic heterocycles. The highest BCUT2D eigenvalue weighted by Gasteiger charge is 2.20. The molecule has 0 aliphatic rings. The highest BCUT2D eigenvalue weighted by atomic mass is 35.5. The van der Waals surface area contributed by atoms with Gasteiger partial charge in [0.15, 0.2) is 11.3 Å². The number of oxazole rings is 1. The van der Waals surface area contributed by atoms with Gasteiger partial charge in [-0.1, -0.05) is 29.3 Å². The zero-order valence-corrected chi connectivity index (χ0v) is 16.2. The van der Waals surface area contributed by atoms with Gasteiger partial charge in [0.2, 0.25) is 5.89 Å². The Morgan fingerprint density at radius 1 is 1.17 bits per heavy atom. The molecule has 0 fully saturated rings. The number of nitro groups is 1. The maximum absolute atomic E-state index is 12.4. The van der Waals surface area contributed by atoms with Gasteiger partial charge in [-0.25, -0.2) is 4.98 Å². The number of carbonyl (C=O) groups is 1. The molecule has 29 heavy (non-hydrogen) atoms. The van der Waals surface area contributed by atoms with E-state index in [0.717, 1.165) is 6.07 Å². The van der Waals surface area contributed by atoms with Gasteiger partial charge in [0.1, 0.15) is 10.4 Å². The molecular weight excluding hydrogens is 421 g/mol. The van der Waals surface area contributed by atoms with Crippen LogP contribution in [0.3, 0.4) is 0 Å². The summed E-state index contributed by atoms with van der Waals surface area (Å²) in [5.41, 5.74) is 2.70. The monoisotopic (exact) mass is 431 g/mol. The van der Waals surface area contributed by atoms with Crippen molar-refractivity contribution >= 4 is 51.8 Å². The Bertz CT molecular complexity index is 1280. The summed E-state index contributed by atoms with van der Waals surface area (Å²) in [4.78, 5) is 26.8. The number of nitrogens with zero attached hydrogens (tertiary/aromatic N) is 2. The van der Waals surface area contributed by atoms with Crippen LogP contribution in [0.4, 0.5) is 11.6 Å². The first kappa shape index (κ1) is 19.0. The quantitative estimate of drug-likeness (QED) is 0.319. The van der Waals surface area contributed by atoms with Crippen molar-refractivity contribution in [2.75, 3.05) is 5.32 Å². The molecule has 0 bridgehead atoms. The lowest BCUT2D eigenvalue weighted by atomic mass is 10.1. The Morgan fingerprint density at radius 2 is 1.97 bits per heavy atom. The highest BCUT2D eigenvalue weighted by molar-refractivity contribution is 6.38. The lowest BCUT2D eigenvalue weighted by molar-refractivity contribution is -0.402. The fraction of sp³-hybridized carbons (Fsp3) is 0.0526. The van der Waals surface area contributed by atoms with Crippen LogP contribution in [0, 0.1) is 17.0 Å². The van der Waals surface area contributed by atoms with Crippen molar-refractivity contribution < 1.29 is 18.6 Å². The van der Waals surface area contributed by atoms with Gasteiger partial charge in [-0.05, 0) is 42.8 Å². The van der Waals surface area contributed by atoms with Gasteiger partial charge in [0.25, 0.3) is 5.91 Å². The average molecular weight is 432 g/mol. The Balaban J connectivity index is 1.68. The Labute approximate surface area is 173 Å². The normalized spacial score (nSPS) is 11.0. The number of anilines is 1. The van der Waals surface area contributed by atoms with Gasteiger partial charge < -0.3 is 14.2 Å². The predicted molar refractivity (Wildman–Crippen MR) is 108 cm³/mol. The van der Waals surface area contributed by atoms with Crippen LogP contribution in [0.1, 0.15) is 16.1 Å². The van der Waals surface area contributed by atoms with E-state index in [1.165, 1.54) is 6.07 Å². The molecule has 1 amide bonds. The number of furan rings is 1. The van der Waals surface area contributed by atoms with Crippen molar-refractivity contribution in [3.63, 3.8) is 0 Å². The second kappa shape index (κ2) is 7.23.